The zero-order valence-electron chi connectivity index (χ0n) is 10.5. The van der Waals surface area contributed by atoms with Crippen LogP contribution >= 0.6 is 23.6 Å². The summed E-state index contributed by atoms with van der Waals surface area (Å²) in [6.07, 6.45) is 1.74. The van der Waals surface area contributed by atoms with Gasteiger partial charge in [-0.25, -0.2) is 13.4 Å². The molecule has 0 aromatic carbocycles. The molecule has 0 aliphatic heterocycles. The number of nitrogens with zero attached hydrogens (tertiary/aromatic N) is 1. The molecule has 0 radical (unpaired) electrons. The summed E-state index contributed by atoms with van der Waals surface area (Å²) in [4.78, 5) is 4.02. The Morgan fingerprint density at radius 2 is 2.21 bits per heavy atom. The Bertz CT molecular complexity index is 499. The minimum atomic E-state index is -3.43. The van der Waals surface area contributed by atoms with Crippen LogP contribution in [-0.4, -0.2) is 25.0 Å². The van der Waals surface area contributed by atoms with Crippen LogP contribution < -0.4 is 34.8 Å². The van der Waals surface area contributed by atoms with Gasteiger partial charge in [0.05, 0.1) is 22.7 Å². The second-order valence-electron chi connectivity index (χ2n) is 3.21. The third-order valence-corrected chi connectivity index (χ3v) is 4.84. The van der Waals surface area contributed by atoms with Crippen molar-refractivity contribution in [3.63, 3.8) is 0 Å². The first-order valence-corrected chi connectivity index (χ1v) is 7.88. The minimum absolute atomic E-state index is 0. The summed E-state index contributed by atoms with van der Waals surface area (Å²) >= 11 is 6.07. The molecule has 1 aromatic rings. The molecule has 0 saturated heterocycles. The van der Waals surface area contributed by atoms with Crippen LogP contribution in [0.3, 0.4) is 0 Å². The molecule has 1 rings (SSSR count). The Kier molecular flexibility index (Phi) is 9.85. The molecular formula is C9H11ClNNaO5S2. The van der Waals surface area contributed by atoms with Gasteiger partial charge in [-0.2, -0.15) is 4.33 Å². The van der Waals surface area contributed by atoms with Crippen LogP contribution in [0.2, 0.25) is 0 Å². The number of alkyl halides is 1. The average Bonchev–Trinajstić information content (AvgIpc) is 2.35. The summed E-state index contributed by atoms with van der Waals surface area (Å²) in [6.45, 7) is 1.81. The number of aryl methyl sites for hydroxylation is 1. The van der Waals surface area contributed by atoms with Crippen molar-refractivity contribution >= 4 is 33.5 Å². The molecule has 0 bridgehead atoms. The van der Waals surface area contributed by atoms with Crippen LogP contribution in [0.5, 0.6) is 0 Å². The normalized spacial score (nSPS) is 11.1. The Morgan fingerprint density at radius 1 is 1.53 bits per heavy atom. The summed E-state index contributed by atoms with van der Waals surface area (Å²) in [5.41, 5.74) is 0.590. The van der Waals surface area contributed by atoms with Gasteiger partial charge in [-0.3, -0.25) is 5.04 Å². The fraction of sp³-hybridized carbons (Fsp3) is 0.444. The summed E-state index contributed by atoms with van der Waals surface area (Å²) in [7, 11) is -3.43. The number of pyridine rings is 1. The topological polar surface area (TPSA) is 88.5 Å². The number of halogens is 1. The molecule has 0 saturated carbocycles. The quantitative estimate of drug-likeness (QED) is 0.185. The van der Waals surface area contributed by atoms with E-state index in [0.717, 1.165) is 0 Å². The number of hydrogen-bond acceptors (Lipinski definition) is 7. The molecule has 0 atom stereocenters. The first-order chi connectivity index (χ1) is 8.55. The van der Waals surface area contributed by atoms with Gasteiger partial charge in [0.25, 0.3) is 0 Å². The van der Waals surface area contributed by atoms with Gasteiger partial charge < -0.3 is 5.26 Å². The summed E-state index contributed by atoms with van der Waals surface area (Å²) in [6, 6.07) is 1.53. The van der Waals surface area contributed by atoms with E-state index in [1.807, 2.05) is 6.92 Å². The van der Waals surface area contributed by atoms with Crippen LogP contribution in [0.4, 0.5) is 0 Å². The second-order valence-corrected chi connectivity index (χ2v) is 6.39. The molecule has 0 spiro atoms. The van der Waals surface area contributed by atoms with Crippen molar-refractivity contribution in [1.82, 2.24) is 4.98 Å². The minimum Gasteiger partial charge on any atom is -0.691 e. The predicted molar refractivity (Wildman–Crippen MR) is 64.4 cm³/mol. The number of rotatable bonds is 7. The Labute approximate surface area is 143 Å². The van der Waals surface area contributed by atoms with Crippen LogP contribution in [0.25, 0.3) is 0 Å². The molecule has 10 heteroatoms. The third-order valence-electron chi connectivity index (χ3n) is 2.13. The third kappa shape index (κ3) is 5.86. The second kappa shape index (κ2) is 9.54. The van der Waals surface area contributed by atoms with Crippen LogP contribution in [0.1, 0.15) is 12.5 Å². The van der Waals surface area contributed by atoms with Crippen molar-refractivity contribution in [2.45, 2.75) is 23.3 Å². The molecule has 0 aliphatic carbocycles. The van der Waals surface area contributed by atoms with E-state index in [2.05, 4.69) is 14.4 Å². The Balaban J connectivity index is 0.00000324. The van der Waals surface area contributed by atoms with E-state index in [1.54, 1.807) is 0 Å². The van der Waals surface area contributed by atoms with E-state index in [1.165, 1.54) is 12.3 Å². The Morgan fingerprint density at radius 3 is 2.74 bits per heavy atom. The predicted octanol–water partition coefficient (Wildman–Crippen LogP) is -2.11. The van der Waals surface area contributed by atoms with Gasteiger partial charge in [0.15, 0.2) is 9.84 Å². The molecule has 0 amide bonds. The summed E-state index contributed by atoms with van der Waals surface area (Å²) in [5.74, 6) is -0.120. The first-order valence-electron chi connectivity index (χ1n) is 4.96. The van der Waals surface area contributed by atoms with Crippen molar-refractivity contribution in [1.29, 1.82) is 0 Å². The smallest absolute Gasteiger partial charge is 0.691 e. The van der Waals surface area contributed by atoms with E-state index in [9.17, 15) is 13.7 Å². The largest absolute Gasteiger partial charge is 1.00 e. The molecule has 1 heterocycles. The summed E-state index contributed by atoms with van der Waals surface area (Å²) < 4.78 is 27.9. The molecule has 0 aliphatic rings. The van der Waals surface area contributed by atoms with Gasteiger partial charge in [-0.1, -0.05) is 6.92 Å². The van der Waals surface area contributed by atoms with E-state index in [0.29, 0.717) is 29.1 Å². The zero-order valence-corrected chi connectivity index (χ0v) is 14.8. The van der Waals surface area contributed by atoms with Crippen molar-refractivity contribution in [2.75, 3.05) is 11.6 Å². The summed E-state index contributed by atoms with van der Waals surface area (Å²) in [5, 5.41) is 13.2. The van der Waals surface area contributed by atoms with Gasteiger partial charge in [0.2, 0.25) is 0 Å². The molecule has 1 aromatic heterocycles. The molecule has 102 valence electrons. The molecule has 6 nitrogen and oxygen atoms in total. The van der Waals surface area contributed by atoms with Crippen LogP contribution in [-0.2, 0) is 25.6 Å². The van der Waals surface area contributed by atoms with Crippen LogP contribution in [0.15, 0.2) is 22.2 Å². The fourth-order valence-electron chi connectivity index (χ4n) is 1.32. The fourth-order valence-corrected chi connectivity index (χ4v) is 3.56. The zero-order chi connectivity index (χ0) is 13.6. The molecule has 19 heavy (non-hydrogen) atoms. The van der Waals surface area contributed by atoms with Crippen molar-refractivity contribution in [3.05, 3.63) is 17.8 Å². The first kappa shape index (κ1) is 19.6. The maximum atomic E-state index is 11.9. The number of hydrogen-bond donors (Lipinski definition) is 0. The van der Waals surface area contributed by atoms with E-state index in [4.69, 9.17) is 11.6 Å². The molecule has 0 unspecified atom stereocenters. The van der Waals surface area contributed by atoms with Gasteiger partial charge in [-0.05, 0) is 18.1 Å². The number of aromatic nitrogens is 1. The standard InChI is InChI=1S/C9H12ClNO5S2.Na/c1-2-7-5-9(17-16-15-12)11-6-8(7)18(13,14)4-3-10;/h5-6,12H,2-4H2,1H3;/q;+1/p-1. The van der Waals surface area contributed by atoms with Crippen LogP contribution in [0, 0.1) is 0 Å². The maximum Gasteiger partial charge on any atom is 1.00 e. The molecule has 0 N–H and O–H groups in total. The van der Waals surface area contributed by atoms with Crippen molar-refractivity contribution < 1.29 is 52.6 Å². The number of sulfone groups is 1. The van der Waals surface area contributed by atoms with Crippen molar-refractivity contribution in [3.8, 4) is 0 Å². The Hall–Kier alpha value is 0.620. The van der Waals surface area contributed by atoms with E-state index < -0.39 is 9.84 Å². The van der Waals surface area contributed by atoms with E-state index >= 15 is 0 Å². The van der Waals surface area contributed by atoms with Gasteiger partial charge >= 0.3 is 29.6 Å². The van der Waals surface area contributed by atoms with Gasteiger partial charge in [0.1, 0.15) is 5.03 Å². The average molecular weight is 336 g/mol. The maximum absolute atomic E-state index is 11.9. The SMILES string of the molecule is CCc1cc(SOO[O-])ncc1S(=O)(=O)CCCl.[Na+]. The molecular weight excluding hydrogens is 325 g/mol. The monoisotopic (exact) mass is 335 g/mol. The van der Waals surface area contributed by atoms with E-state index in [-0.39, 0.29) is 46.1 Å². The molecule has 0 fully saturated rings. The van der Waals surface area contributed by atoms with Gasteiger partial charge in [0, 0.05) is 12.1 Å². The van der Waals surface area contributed by atoms with Crippen molar-refractivity contribution in [2.24, 2.45) is 0 Å². The van der Waals surface area contributed by atoms with Gasteiger partial charge in [-0.15, -0.1) is 11.6 Å².